The number of nitrogen functional groups attached to an aromatic ring is 1. The van der Waals surface area contributed by atoms with Crippen molar-refractivity contribution < 1.29 is 4.29 Å². The van der Waals surface area contributed by atoms with E-state index in [0.29, 0.717) is 12.5 Å². The Morgan fingerprint density at radius 1 is 0.778 bits per heavy atom. The van der Waals surface area contributed by atoms with Crippen LogP contribution in [0.5, 0.6) is 0 Å². The fourth-order valence-electron chi connectivity index (χ4n) is 8.45. The predicted octanol–water partition coefficient (Wildman–Crippen LogP) is 14.6. The van der Waals surface area contributed by atoms with Crippen LogP contribution in [-0.2, 0) is 4.29 Å². The number of nitrogens with zero attached hydrogens (tertiary/aromatic N) is 1. The molecule has 0 radical (unpaired) electrons. The van der Waals surface area contributed by atoms with Crippen molar-refractivity contribution in [3.05, 3.63) is 171 Å². The Balaban J connectivity index is 0.000000267. The maximum absolute atomic E-state index is 6.03. The smallest absolute Gasteiger partial charge is 0.0685 e. The Morgan fingerprint density at radius 3 is 1.94 bits per heavy atom. The van der Waals surface area contributed by atoms with Gasteiger partial charge >= 0.3 is 0 Å². The van der Waals surface area contributed by atoms with E-state index in [9.17, 15) is 0 Å². The molecule has 4 aromatic carbocycles. The van der Waals surface area contributed by atoms with Crippen LogP contribution in [0.1, 0.15) is 134 Å². The van der Waals surface area contributed by atoms with Crippen molar-refractivity contribution in [1.82, 2.24) is 10.6 Å². The number of unbranched alkanes of at least 4 members (excludes halogenated alkanes) is 1. The molecule has 338 valence electrons. The first-order valence-electron chi connectivity index (χ1n) is 23.8. The van der Waals surface area contributed by atoms with Crippen molar-refractivity contribution in [3.63, 3.8) is 0 Å². The van der Waals surface area contributed by atoms with Crippen molar-refractivity contribution in [3.8, 4) is 0 Å². The summed E-state index contributed by atoms with van der Waals surface area (Å²) in [5.74, 6) is 0.653. The number of hydrogen-bond donors (Lipinski definition) is 3. The normalized spacial score (nSPS) is 14.5. The number of allylic oxidation sites excluding steroid dienone is 9. The van der Waals surface area contributed by atoms with Crippen LogP contribution in [0.2, 0.25) is 0 Å². The number of halogens is 1. The lowest BCUT2D eigenvalue weighted by molar-refractivity contribution is 0.346. The van der Waals surface area contributed by atoms with Gasteiger partial charge in [0.2, 0.25) is 0 Å². The lowest BCUT2D eigenvalue weighted by atomic mass is 9.85. The average molecular weight is 870 g/mol. The Morgan fingerprint density at radius 2 is 1.41 bits per heavy atom. The zero-order valence-electron chi connectivity index (χ0n) is 39.8. The zero-order valence-corrected chi connectivity index (χ0v) is 40.6. The number of nitrogens with two attached hydrogens (primary N) is 1. The van der Waals surface area contributed by atoms with E-state index in [4.69, 9.17) is 21.9 Å². The van der Waals surface area contributed by atoms with E-state index in [0.717, 1.165) is 76.9 Å². The largest absolute Gasteiger partial charge is 0.399 e. The van der Waals surface area contributed by atoms with Crippen molar-refractivity contribution >= 4 is 40.0 Å². The second kappa shape index (κ2) is 28.2. The van der Waals surface area contributed by atoms with E-state index in [1.807, 2.05) is 33.0 Å². The lowest BCUT2D eigenvalue weighted by Gasteiger charge is -2.28. The molecule has 0 aromatic heterocycles. The highest BCUT2D eigenvalue weighted by Crippen LogP contribution is 2.40. The molecule has 1 heterocycles. The SMILES string of the molecule is C/C=C(CCC)/C(CCCC)=C(/c1ccc(N)cc1)c1ccc(N(CC)CCNC)cc1.CC.CC1=CC=C(/C(=C(\CCCOCl)c2ccccc2)c2ccc(C3CNC3)cc2)C1. The second-order valence-corrected chi connectivity index (χ2v) is 16.6. The molecule has 63 heavy (non-hydrogen) atoms. The summed E-state index contributed by atoms with van der Waals surface area (Å²) in [6, 6.07) is 37.5. The molecule has 0 amide bonds. The van der Waals surface area contributed by atoms with Crippen molar-refractivity contribution in [2.45, 2.75) is 106 Å². The fourth-order valence-corrected chi connectivity index (χ4v) is 8.56. The Kier molecular flexibility index (Phi) is 22.8. The van der Waals surface area contributed by atoms with Gasteiger partial charge in [-0.05, 0) is 152 Å². The van der Waals surface area contributed by atoms with Gasteiger partial charge in [-0.1, -0.05) is 143 Å². The molecule has 5 nitrogen and oxygen atoms in total. The van der Waals surface area contributed by atoms with Crippen LogP contribution in [0.3, 0.4) is 0 Å². The zero-order chi connectivity index (χ0) is 45.4. The van der Waals surface area contributed by atoms with E-state index < -0.39 is 0 Å². The topological polar surface area (TPSA) is 62.5 Å². The summed E-state index contributed by atoms with van der Waals surface area (Å²) in [4.78, 5) is 2.42. The molecule has 1 saturated heterocycles. The van der Waals surface area contributed by atoms with Gasteiger partial charge in [0.15, 0.2) is 0 Å². The number of nitrogens with one attached hydrogen (secondary N) is 2. The molecule has 0 bridgehead atoms. The molecule has 2 aliphatic rings. The number of benzene rings is 4. The lowest BCUT2D eigenvalue weighted by Crippen LogP contribution is -2.39. The van der Waals surface area contributed by atoms with Crippen LogP contribution in [-0.4, -0.2) is 46.4 Å². The van der Waals surface area contributed by atoms with Gasteiger partial charge in [-0.25, -0.2) is 0 Å². The Labute approximate surface area is 387 Å². The first-order chi connectivity index (χ1) is 30.8. The van der Waals surface area contributed by atoms with E-state index >= 15 is 0 Å². The van der Waals surface area contributed by atoms with Crippen LogP contribution in [0.25, 0.3) is 16.7 Å². The summed E-state index contributed by atoms with van der Waals surface area (Å²) in [5.41, 5.74) is 24.5. The summed E-state index contributed by atoms with van der Waals surface area (Å²) in [6.45, 7) is 20.9. The van der Waals surface area contributed by atoms with Crippen LogP contribution < -0.4 is 21.3 Å². The highest BCUT2D eigenvalue weighted by Gasteiger charge is 2.22. The standard InChI is InChI=1S/C29H43N3.C26H28ClNO.C2H6/c1-6-10-12-28(23(8-3)11-7-2)29(24-13-17-26(30)18-14-24)25-15-19-27(20-16-25)32(9-4)22-21-31-5;1-19-9-10-23(16-19)26(22-13-11-20(12-14-22)24-17-28-18-24)25(8-5-15-29-27)21-6-3-2-4-7-21;1-2/h8,13-20,31H,6-7,9-12,21-22,30H2,1-5H3;2-4,6-7,9-14,24,28H,5,8,15-18H2,1H3;1-2H3/b23-8+,29-28-;26-25+;. The molecular weight excluding hydrogens is 792 g/mol. The summed E-state index contributed by atoms with van der Waals surface area (Å²) in [6.07, 6.45) is 15.4. The fraction of sp³-hybridized carbons (Fsp3) is 0.404. The van der Waals surface area contributed by atoms with Crippen molar-refractivity contribution in [2.75, 3.05) is 57.0 Å². The highest BCUT2D eigenvalue weighted by atomic mass is 35.5. The molecule has 1 aliphatic carbocycles. The van der Waals surface area contributed by atoms with Crippen LogP contribution in [0.4, 0.5) is 11.4 Å². The maximum Gasteiger partial charge on any atom is 0.0685 e. The molecule has 0 unspecified atom stereocenters. The van der Waals surface area contributed by atoms with E-state index in [1.54, 1.807) is 0 Å². The molecule has 0 atom stereocenters. The van der Waals surface area contributed by atoms with Gasteiger partial charge in [0.05, 0.1) is 18.5 Å². The molecule has 0 saturated carbocycles. The summed E-state index contributed by atoms with van der Waals surface area (Å²) in [7, 11) is 2.01. The van der Waals surface area contributed by atoms with Crippen LogP contribution >= 0.6 is 11.9 Å². The summed E-state index contributed by atoms with van der Waals surface area (Å²) in [5, 5.41) is 6.62. The quantitative estimate of drug-likeness (QED) is 0.0337. The number of rotatable bonds is 21. The first kappa shape index (κ1) is 51.0. The third-order valence-electron chi connectivity index (χ3n) is 12.0. The molecule has 6 heteroatoms. The second-order valence-electron chi connectivity index (χ2n) is 16.4. The van der Waals surface area contributed by atoms with E-state index in [-0.39, 0.29) is 0 Å². The number of hydrogen-bond acceptors (Lipinski definition) is 5. The molecule has 4 aromatic rings. The molecule has 0 spiro atoms. The van der Waals surface area contributed by atoms with E-state index in [1.165, 1.54) is 85.4 Å². The predicted molar refractivity (Wildman–Crippen MR) is 277 cm³/mol. The van der Waals surface area contributed by atoms with Gasteiger partial charge in [-0.3, -0.25) is 4.29 Å². The minimum atomic E-state index is 0.551. The minimum absolute atomic E-state index is 0.551. The molecule has 1 fully saturated rings. The number of likely N-dealkylation sites (N-methyl/N-ethyl adjacent to an activating group) is 2. The summed E-state index contributed by atoms with van der Waals surface area (Å²) < 4.78 is 4.84. The highest BCUT2D eigenvalue weighted by molar-refractivity contribution is 6.07. The Bertz CT molecular complexity index is 2090. The third kappa shape index (κ3) is 15.0. The van der Waals surface area contributed by atoms with Gasteiger partial charge in [0.1, 0.15) is 0 Å². The van der Waals surface area contributed by atoms with Gasteiger partial charge in [0, 0.05) is 50.0 Å². The average Bonchev–Trinajstić information content (AvgIpc) is 3.74. The Hall–Kier alpha value is -4.65. The third-order valence-corrected chi connectivity index (χ3v) is 12.1. The van der Waals surface area contributed by atoms with E-state index in [2.05, 4.69) is 159 Å². The molecule has 4 N–H and O–H groups in total. The molecule has 6 rings (SSSR count). The van der Waals surface area contributed by atoms with Crippen molar-refractivity contribution in [2.24, 2.45) is 0 Å². The van der Waals surface area contributed by atoms with Crippen molar-refractivity contribution in [1.29, 1.82) is 0 Å². The first-order valence-corrected chi connectivity index (χ1v) is 24.1. The van der Waals surface area contributed by atoms with Gasteiger partial charge in [-0.15, -0.1) is 0 Å². The van der Waals surface area contributed by atoms with Gasteiger partial charge < -0.3 is 21.3 Å². The maximum atomic E-state index is 6.03. The van der Waals surface area contributed by atoms with Crippen LogP contribution in [0.15, 0.2) is 144 Å². The van der Waals surface area contributed by atoms with Crippen LogP contribution in [0, 0.1) is 0 Å². The van der Waals surface area contributed by atoms with Gasteiger partial charge in [0.25, 0.3) is 0 Å². The molecular formula is C57H77ClN4O. The number of anilines is 2. The monoisotopic (exact) mass is 869 g/mol. The van der Waals surface area contributed by atoms with Gasteiger partial charge in [-0.2, -0.15) is 0 Å². The minimum Gasteiger partial charge on any atom is -0.399 e. The summed E-state index contributed by atoms with van der Waals surface area (Å²) >= 11 is 5.50. The molecule has 1 aliphatic heterocycles.